The Kier molecular flexibility index (Phi) is 6.03. The quantitative estimate of drug-likeness (QED) is 0.536. The summed E-state index contributed by atoms with van der Waals surface area (Å²) in [6, 6.07) is 11.4. The van der Waals surface area contributed by atoms with Gasteiger partial charge in [0.25, 0.3) is 0 Å². The van der Waals surface area contributed by atoms with E-state index in [1.165, 1.54) is 42.3 Å². The summed E-state index contributed by atoms with van der Waals surface area (Å²) in [6.45, 7) is 6.54. The summed E-state index contributed by atoms with van der Waals surface area (Å²) in [4.78, 5) is 2.54. The SMILES string of the molecule is CC1=C(CN2CCC2)CCc2cc(OCCCc3ccc(F)c(Cl)c3)ccc21. The Morgan fingerprint density at radius 1 is 1.11 bits per heavy atom. The number of fused-ring (bicyclic) bond motifs is 1. The topological polar surface area (TPSA) is 12.5 Å². The summed E-state index contributed by atoms with van der Waals surface area (Å²) >= 11 is 5.84. The normalized spacial score (nSPS) is 16.7. The molecule has 0 saturated carbocycles. The molecule has 1 fully saturated rings. The van der Waals surface area contributed by atoms with Gasteiger partial charge in [0.1, 0.15) is 11.6 Å². The minimum atomic E-state index is -0.367. The van der Waals surface area contributed by atoms with Crippen LogP contribution in [-0.2, 0) is 12.8 Å². The summed E-state index contributed by atoms with van der Waals surface area (Å²) in [6.07, 6.45) is 5.30. The predicted octanol–water partition coefficient (Wildman–Crippen LogP) is 5.92. The third-order valence-electron chi connectivity index (χ3n) is 5.93. The van der Waals surface area contributed by atoms with Crippen molar-refractivity contribution in [1.29, 1.82) is 0 Å². The van der Waals surface area contributed by atoms with Gasteiger partial charge in [0.15, 0.2) is 0 Å². The Morgan fingerprint density at radius 3 is 2.71 bits per heavy atom. The third kappa shape index (κ3) is 4.42. The first kappa shape index (κ1) is 19.5. The molecule has 28 heavy (non-hydrogen) atoms. The molecule has 0 N–H and O–H groups in total. The lowest BCUT2D eigenvalue weighted by Crippen LogP contribution is -2.38. The molecular weight excluding hydrogens is 373 g/mol. The number of hydrogen-bond acceptors (Lipinski definition) is 2. The number of nitrogens with zero attached hydrogens (tertiary/aromatic N) is 1. The van der Waals surface area contributed by atoms with Gasteiger partial charge in [-0.2, -0.15) is 0 Å². The molecular formula is C24H27ClFNO. The fourth-order valence-corrected chi connectivity index (χ4v) is 4.27. The summed E-state index contributed by atoms with van der Waals surface area (Å²) in [7, 11) is 0. The van der Waals surface area contributed by atoms with E-state index in [-0.39, 0.29) is 10.8 Å². The molecule has 4 heteroatoms. The first-order chi connectivity index (χ1) is 13.6. The van der Waals surface area contributed by atoms with E-state index in [4.69, 9.17) is 16.3 Å². The van der Waals surface area contributed by atoms with Crippen molar-refractivity contribution in [2.24, 2.45) is 0 Å². The zero-order chi connectivity index (χ0) is 19.5. The number of ether oxygens (including phenoxy) is 1. The van der Waals surface area contributed by atoms with Crippen molar-refractivity contribution >= 4 is 17.2 Å². The molecule has 2 aliphatic rings. The van der Waals surface area contributed by atoms with Crippen LogP contribution in [0.25, 0.3) is 5.57 Å². The number of hydrogen-bond donors (Lipinski definition) is 0. The Bertz CT molecular complexity index is 888. The third-order valence-corrected chi connectivity index (χ3v) is 6.22. The molecule has 1 saturated heterocycles. The Balaban J connectivity index is 1.32. The van der Waals surface area contributed by atoms with Crippen molar-refractivity contribution < 1.29 is 9.13 Å². The predicted molar refractivity (Wildman–Crippen MR) is 114 cm³/mol. The second-order valence-electron chi connectivity index (χ2n) is 7.88. The van der Waals surface area contributed by atoms with E-state index in [0.717, 1.165) is 43.5 Å². The van der Waals surface area contributed by atoms with Crippen molar-refractivity contribution in [2.45, 2.75) is 39.0 Å². The molecule has 4 rings (SSSR count). The highest BCUT2D eigenvalue weighted by atomic mass is 35.5. The number of aryl methyl sites for hydroxylation is 2. The maximum atomic E-state index is 13.2. The van der Waals surface area contributed by atoms with Crippen LogP contribution in [-0.4, -0.2) is 31.1 Å². The molecule has 1 aliphatic heterocycles. The van der Waals surface area contributed by atoms with Crippen LogP contribution in [0.3, 0.4) is 0 Å². The highest BCUT2D eigenvalue weighted by molar-refractivity contribution is 6.30. The van der Waals surface area contributed by atoms with Crippen LogP contribution in [0.5, 0.6) is 5.75 Å². The highest BCUT2D eigenvalue weighted by Gasteiger charge is 2.21. The molecule has 2 aromatic rings. The average Bonchev–Trinajstić information content (AvgIpc) is 2.66. The zero-order valence-corrected chi connectivity index (χ0v) is 17.2. The maximum Gasteiger partial charge on any atom is 0.141 e. The molecule has 0 spiro atoms. The Labute approximate surface area is 172 Å². The van der Waals surface area contributed by atoms with E-state index in [1.54, 1.807) is 17.7 Å². The van der Waals surface area contributed by atoms with Crippen LogP contribution in [0.15, 0.2) is 42.0 Å². The number of allylic oxidation sites excluding steroid dienone is 1. The van der Waals surface area contributed by atoms with Gasteiger partial charge in [-0.25, -0.2) is 4.39 Å². The van der Waals surface area contributed by atoms with Crippen LogP contribution < -0.4 is 4.74 Å². The van der Waals surface area contributed by atoms with Crippen LogP contribution >= 0.6 is 11.6 Å². The largest absolute Gasteiger partial charge is 0.494 e. The van der Waals surface area contributed by atoms with Crippen molar-refractivity contribution in [2.75, 3.05) is 26.2 Å². The lowest BCUT2D eigenvalue weighted by Gasteiger charge is -2.33. The first-order valence-corrected chi connectivity index (χ1v) is 10.6. The highest BCUT2D eigenvalue weighted by Crippen LogP contribution is 2.34. The molecule has 0 radical (unpaired) electrons. The molecule has 2 nitrogen and oxygen atoms in total. The van der Waals surface area contributed by atoms with Gasteiger partial charge in [0.05, 0.1) is 11.6 Å². The summed E-state index contributed by atoms with van der Waals surface area (Å²) in [5.41, 5.74) is 6.87. The molecule has 0 bridgehead atoms. The molecule has 2 aromatic carbocycles. The van der Waals surface area contributed by atoms with Gasteiger partial charge < -0.3 is 4.74 Å². The Hall–Kier alpha value is -1.84. The van der Waals surface area contributed by atoms with E-state index in [0.29, 0.717) is 6.61 Å². The van der Waals surface area contributed by atoms with Crippen molar-refractivity contribution in [1.82, 2.24) is 4.90 Å². The molecule has 0 amide bonds. The van der Waals surface area contributed by atoms with Gasteiger partial charge in [-0.15, -0.1) is 0 Å². The van der Waals surface area contributed by atoms with Gasteiger partial charge in [-0.1, -0.05) is 29.3 Å². The van der Waals surface area contributed by atoms with Crippen molar-refractivity contribution in [3.63, 3.8) is 0 Å². The van der Waals surface area contributed by atoms with Crippen LogP contribution in [0, 0.1) is 5.82 Å². The van der Waals surface area contributed by atoms with Crippen LogP contribution in [0.2, 0.25) is 5.02 Å². The summed E-state index contributed by atoms with van der Waals surface area (Å²) in [5, 5.41) is 0.185. The van der Waals surface area contributed by atoms with Crippen molar-refractivity contribution in [3.05, 3.63) is 69.5 Å². The molecule has 0 unspecified atom stereocenters. The lowest BCUT2D eigenvalue weighted by molar-refractivity contribution is 0.197. The van der Waals surface area contributed by atoms with E-state index in [2.05, 4.69) is 30.0 Å². The molecule has 148 valence electrons. The van der Waals surface area contributed by atoms with E-state index >= 15 is 0 Å². The zero-order valence-electron chi connectivity index (χ0n) is 16.4. The van der Waals surface area contributed by atoms with Gasteiger partial charge >= 0.3 is 0 Å². The number of benzene rings is 2. The second kappa shape index (κ2) is 8.67. The van der Waals surface area contributed by atoms with E-state index < -0.39 is 0 Å². The molecule has 0 atom stereocenters. The minimum Gasteiger partial charge on any atom is -0.494 e. The second-order valence-corrected chi connectivity index (χ2v) is 8.28. The summed E-state index contributed by atoms with van der Waals surface area (Å²) in [5.74, 6) is 0.572. The monoisotopic (exact) mass is 399 g/mol. The molecule has 1 heterocycles. The number of halogens is 2. The van der Waals surface area contributed by atoms with E-state index in [9.17, 15) is 4.39 Å². The number of rotatable bonds is 7. The van der Waals surface area contributed by atoms with E-state index in [1.807, 2.05) is 0 Å². The Morgan fingerprint density at radius 2 is 1.96 bits per heavy atom. The minimum absolute atomic E-state index is 0.185. The van der Waals surface area contributed by atoms with Crippen molar-refractivity contribution in [3.8, 4) is 5.75 Å². The van der Waals surface area contributed by atoms with Gasteiger partial charge in [0.2, 0.25) is 0 Å². The van der Waals surface area contributed by atoms with Crippen LogP contribution in [0.4, 0.5) is 4.39 Å². The lowest BCUT2D eigenvalue weighted by atomic mass is 9.85. The standard InChI is InChI=1S/C24H27ClFNO/c1-17-20(16-27-11-3-12-27)7-6-19-15-21(8-9-22(17)19)28-13-2-4-18-5-10-24(26)23(25)14-18/h5,8-10,14-15H,2-4,6-7,11-13,16H2,1H3. The fourth-order valence-electron chi connectivity index (χ4n) is 4.06. The van der Waals surface area contributed by atoms with Crippen LogP contribution in [0.1, 0.15) is 42.9 Å². The molecule has 0 aromatic heterocycles. The smallest absolute Gasteiger partial charge is 0.141 e. The van der Waals surface area contributed by atoms with Gasteiger partial charge in [-0.3, -0.25) is 4.90 Å². The maximum absolute atomic E-state index is 13.2. The molecule has 1 aliphatic carbocycles. The fraction of sp³-hybridized carbons (Fsp3) is 0.417. The first-order valence-electron chi connectivity index (χ1n) is 10.2. The van der Waals surface area contributed by atoms with Gasteiger partial charge in [0, 0.05) is 6.54 Å². The average molecular weight is 400 g/mol. The van der Waals surface area contributed by atoms with Gasteiger partial charge in [-0.05, 0) is 98.6 Å². The number of likely N-dealkylation sites (tertiary alicyclic amines) is 1. The summed E-state index contributed by atoms with van der Waals surface area (Å²) < 4.78 is 19.2.